The molecule has 0 aliphatic carbocycles. The quantitative estimate of drug-likeness (QED) is 0.0320. The fourth-order valence-electron chi connectivity index (χ4n) is 13.3. The summed E-state index contributed by atoms with van der Waals surface area (Å²) in [5, 5.41) is 23.3. The molecule has 0 fully saturated rings. The van der Waals surface area contributed by atoms with Gasteiger partial charge in [0.2, 0.25) is 5.91 Å². The van der Waals surface area contributed by atoms with Crippen molar-refractivity contribution in [2.75, 3.05) is 13.2 Å². The van der Waals surface area contributed by atoms with Gasteiger partial charge in [-0.25, -0.2) is 0 Å². The van der Waals surface area contributed by atoms with E-state index in [9.17, 15) is 19.8 Å². The molecule has 0 aromatic rings. The molecule has 0 aromatic heterocycles. The summed E-state index contributed by atoms with van der Waals surface area (Å²) in [6, 6.07) is -0.623. The zero-order chi connectivity index (χ0) is 63.5. The van der Waals surface area contributed by atoms with E-state index in [2.05, 4.69) is 19.2 Å². The van der Waals surface area contributed by atoms with Gasteiger partial charge < -0.3 is 20.3 Å². The lowest BCUT2D eigenvalue weighted by Gasteiger charge is -2.20. The number of aliphatic hydroxyl groups is 2. The number of unbranched alkanes of at least 4 members (excludes halogenated alkanes) is 67. The number of esters is 1. The van der Waals surface area contributed by atoms with Gasteiger partial charge in [0.1, 0.15) is 0 Å². The molecule has 6 heteroatoms. The first-order valence-corrected chi connectivity index (χ1v) is 41.0. The van der Waals surface area contributed by atoms with Crippen LogP contribution in [0, 0.1) is 0 Å². The number of hydrogen-bond acceptors (Lipinski definition) is 5. The Kier molecular flexibility index (Phi) is 76.8. The monoisotopic (exact) mass is 1240 g/mol. The van der Waals surface area contributed by atoms with Crippen molar-refractivity contribution in [1.29, 1.82) is 0 Å². The third kappa shape index (κ3) is 73.6. The molecule has 0 saturated carbocycles. The predicted molar refractivity (Wildman–Crippen MR) is 389 cm³/mol. The lowest BCUT2D eigenvalue weighted by Crippen LogP contribution is -2.45. The molecule has 0 heterocycles. The minimum absolute atomic E-state index is 0.0273. The summed E-state index contributed by atoms with van der Waals surface area (Å²) in [6.07, 6.45) is 99.3. The molecule has 0 aromatic carbocycles. The summed E-state index contributed by atoms with van der Waals surface area (Å²) in [6.45, 7) is 4.97. The zero-order valence-corrected chi connectivity index (χ0v) is 60.3. The van der Waals surface area contributed by atoms with Crippen molar-refractivity contribution in [3.8, 4) is 0 Å². The molecule has 2 unspecified atom stereocenters. The van der Waals surface area contributed by atoms with Crippen molar-refractivity contribution in [3.05, 3.63) is 12.2 Å². The van der Waals surface area contributed by atoms with Gasteiger partial charge >= 0.3 is 5.97 Å². The van der Waals surface area contributed by atoms with Gasteiger partial charge in [-0.1, -0.05) is 443 Å². The Morgan fingerprint density at radius 3 is 0.773 bits per heavy atom. The zero-order valence-electron chi connectivity index (χ0n) is 60.3. The van der Waals surface area contributed by atoms with E-state index in [1.807, 2.05) is 6.08 Å². The first-order chi connectivity index (χ1) is 43.5. The Balaban J connectivity index is 3.31. The van der Waals surface area contributed by atoms with Gasteiger partial charge in [0.05, 0.1) is 25.4 Å². The fourth-order valence-corrected chi connectivity index (χ4v) is 13.3. The Morgan fingerprint density at radius 2 is 0.523 bits per heavy atom. The first-order valence-electron chi connectivity index (χ1n) is 41.0. The van der Waals surface area contributed by atoms with Gasteiger partial charge in [0.25, 0.3) is 0 Å². The van der Waals surface area contributed by atoms with Gasteiger partial charge in [0.15, 0.2) is 0 Å². The van der Waals surface area contributed by atoms with Crippen LogP contribution in [-0.2, 0) is 14.3 Å². The normalized spacial score (nSPS) is 12.5. The summed E-state index contributed by atoms with van der Waals surface area (Å²) in [5.41, 5.74) is 0. The minimum Gasteiger partial charge on any atom is -0.466 e. The average Bonchev–Trinajstić information content (AvgIpc) is 3.58. The van der Waals surface area contributed by atoms with Crippen LogP contribution >= 0.6 is 0 Å². The second kappa shape index (κ2) is 78.0. The van der Waals surface area contributed by atoms with Crippen LogP contribution in [0.15, 0.2) is 12.2 Å². The number of ether oxygens (including phenoxy) is 1. The summed E-state index contributed by atoms with van der Waals surface area (Å²) in [5.74, 6) is -0.0300. The molecule has 0 radical (unpaired) electrons. The highest BCUT2D eigenvalue weighted by Crippen LogP contribution is 2.21. The number of carbonyl (C=O) groups is 2. The smallest absolute Gasteiger partial charge is 0.305 e. The van der Waals surface area contributed by atoms with E-state index in [1.54, 1.807) is 6.08 Å². The number of carbonyl (C=O) groups excluding carboxylic acids is 2. The topological polar surface area (TPSA) is 95.9 Å². The Hall–Kier alpha value is -1.40. The average molecular weight is 1240 g/mol. The molecule has 88 heavy (non-hydrogen) atoms. The molecule has 0 spiro atoms. The highest BCUT2D eigenvalue weighted by molar-refractivity contribution is 5.76. The second-order valence-corrected chi connectivity index (χ2v) is 28.5. The van der Waals surface area contributed by atoms with Crippen molar-refractivity contribution in [2.45, 2.75) is 488 Å². The molecular weight excluding hydrogens is 1080 g/mol. The SMILES string of the molecule is CCCCCCCCCCCCCCCCCCC/C=C/C(O)C(CO)NC(=O)CCCCCCCCCCCCCCCCCCCCCCCCCCCCCCCCCCCCCCCOC(=O)CCCCCCCCCCCCCCCCC. The number of nitrogens with one attached hydrogen (secondary N) is 1. The fraction of sp³-hybridized carbons (Fsp3) is 0.951. The molecule has 2 atom stereocenters. The van der Waals surface area contributed by atoms with E-state index in [-0.39, 0.29) is 18.5 Å². The van der Waals surface area contributed by atoms with Gasteiger partial charge in [-0.3, -0.25) is 9.59 Å². The van der Waals surface area contributed by atoms with Crippen molar-refractivity contribution < 1.29 is 24.5 Å². The molecular formula is C82H161NO5. The Labute approximate surface area is 552 Å². The van der Waals surface area contributed by atoms with E-state index in [0.717, 1.165) is 38.5 Å². The number of allylic oxidation sites excluding steroid dienone is 1. The maximum atomic E-state index is 12.5. The summed E-state index contributed by atoms with van der Waals surface area (Å²) < 4.78 is 5.51. The third-order valence-corrected chi connectivity index (χ3v) is 19.6. The largest absolute Gasteiger partial charge is 0.466 e. The molecule has 1 amide bonds. The van der Waals surface area contributed by atoms with E-state index in [1.165, 1.54) is 411 Å². The van der Waals surface area contributed by atoms with Crippen LogP contribution in [0.4, 0.5) is 0 Å². The maximum absolute atomic E-state index is 12.5. The molecule has 0 aliphatic rings. The van der Waals surface area contributed by atoms with E-state index in [4.69, 9.17) is 4.74 Å². The lowest BCUT2D eigenvalue weighted by molar-refractivity contribution is -0.143. The lowest BCUT2D eigenvalue weighted by atomic mass is 10.0. The van der Waals surface area contributed by atoms with Crippen molar-refractivity contribution in [2.24, 2.45) is 0 Å². The predicted octanol–water partition coefficient (Wildman–Crippen LogP) is 27.1. The standard InChI is InChI=1S/C82H161NO5/c1-3-5-7-9-11-13-15-17-19-20-40-43-47-50-54-58-62-66-70-74-80(85)79(78-84)83-81(86)75-71-67-63-59-55-51-48-44-41-38-36-34-32-30-28-26-24-22-21-23-25-27-29-31-33-35-37-39-42-45-49-53-57-61-65-69-73-77-88-82(87)76-72-68-64-60-56-52-46-18-16-14-12-10-8-6-4-2/h70,74,79-80,84-85H,3-69,71-73,75-78H2,1-2H3,(H,83,86)/b74-70+. The van der Waals surface area contributed by atoms with Crippen LogP contribution in [0.25, 0.3) is 0 Å². The Morgan fingerprint density at radius 1 is 0.307 bits per heavy atom. The highest BCUT2D eigenvalue weighted by Gasteiger charge is 2.18. The van der Waals surface area contributed by atoms with Gasteiger partial charge in [-0.15, -0.1) is 0 Å². The van der Waals surface area contributed by atoms with Crippen LogP contribution < -0.4 is 5.32 Å². The van der Waals surface area contributed by atoms with E-state index in [0.29, 0.717) is 19.4 Å². The minimum atomic E-state index is -0.840. The van der Waals surface area contributed by atoms with E-state index < -0.39 is 12.1 Å². The third-order valence-electron chi connectivity index (χ3n) is 19.6. The molecule has 3 N–H and O–H groups in total. The van der Waals surface area contributed by atoms with Gasteiger partial charge in [-0.2, -0.15) is 0 Å². The van der Waals surface area contributed by atoms with E-state index >= 15 is 0 Å². The summed E-state index contributed by atoms with van der Waals surface area (Å²) >= 11 is 0. The summed E-state index contributed by atoms with van der Waals surface area (Å²) in [7, 11) is 0. The first kappa shape index (κ1) is 86.6. The van der Waals surface area contributed by atoms with Crippen LogP contribution in [0.5, 0.6) is 0 Å². The van der Waals surface area contributed by atoms with Crippen molar-refractivity contribution in [3.63, 3.8) is 0 Å². The van der Waals surface area contributed by atoms with Crippen LogP contribution in [0.1, 0.15) is 476 Å². The van der Waals surface area contributed by atoms with Crippen LogP contribution in [0.2, 0.25) is 0 Å². The molecule has 0 aliphatic heterocycles. The molecule has 0 saturated heterocycles. The molecule has 0 bridgehead atoms. The number of aliphatic hydroxyl groups excluding tert-OH is 2. The summed E-state index contributed by atoms with van der Waals surface area (Å²) in [4.78, 5) is 24.6. The number of amides is 1. The molecule has 6 nitrogen and oxygen atoms in total. The van der Waals surface area contributed by atoms with Crippen LogP contribution in [-0.4, -0.2) is 47.4 Å². The molecule has 0 rings (SSSR count). The highest BCUT2D eigenvalue weighted by atomic mass is 16.5. The Bertz CT molecular complexity index is 1340. The van der Waals surface area contributed by atoms with Gasteiger partial charge in [-0.05, 0) is 32.1 Å². The number of hydrogen-bond donors (Lipinski definition) is 3. The second-order valence-electron chi connectivity index (χ2n) is 28.5. The molecule has 524 valence electrons. The van der Waals surface area contributed by atoms with Crippen molar-refractivity contribution >= 4 is 11.9 Å². The van der Waals surface area contributed by atoms with Crippen LogP contribution in [0.3, 0.4) is 0 Å². The maximum Gasteiger partial charge on any atom is 0.305 e. The van der Waals surface area contributed by atoms with Gasteiger partial charge in [0, 0.05) is 12.8 Å². The van der Waals surface area contributed by atoms with Crippen molar-refractivity contribution in [1.82, 2.24) is 5.32 Å². The number of rotatable bonds is 78.